The number of hydrogen-bond donors (Lipinski definition) is 0. The van der Waals surface area contributed by atoms with E-state index in [1.54, 1.807) is 21.9 Å². The van der Waals surface area contributed by atoms with Gasteiger partial charge in [0.15, 0.2) is 0 Å². The molecule has 0 atom stereocenters. The molecule has 4 rings (SSSR count). The van der Waals surface area contributed by atoms with Gasteiger partial charge in [-0.25, -0.2) is 4.79 Å². The van der Waals surface area contributed by atoms with Crippen LogP contribution in [0.1, 0.15) is 47.4 Å². The minimum Gasteiger partial charge on any atom is -0.449 e. The molecule has 0 spiro atoms. The van der Waals surface area contributed by atoms with Crippen molar-refractivity contribution in [2.45, 2.75) is 26.7 Å². The molecule has 0 N–H and O–H groups in total. The highest BCUT2D eigenvalue weighted by Gasteiger charge is 2.32. The quantitative estimate of drug-likeness (QED) is 0.630. The second kappa shape index (κ2) is 9.60. The van der Waals surface area contributed by atoms with Gasteiger partial charge in [0.1, 0.15) is 0 Å². The Morgan fingerprint density at radius 2 is 1.48 bits per heavy atom. The Balaban J connectivity index is 1.29. The van der Waals surface area contributed by atoms with E-state index in [9.17, 15) is 19.2 Å². The van der Waals surface area contributed by atoms with Crippen molar-refractivity contribution in [1.82, 2.24) is 14.7 Å². The molecule has 0 saturated carbocycles. The van der Waals surface area contributed by atoms with Gasteiger partial charge < -0.3 is 14.5 Å². The van der Waals surface area contributed by atoms with Crippen LogP contribution in [0.15, 0.2) is 36.4 Å². The highest BCUT2D eigenvalue weighted by molar-refractivity contribution is 6.25. The fraction of sp³-hybridized carbons (Fsp3) is 0.440. The van der Waals surface area contributed by atoms with Crippen LogP contribution >= 0.6 is 0 Å². The first-order chi connectivity index (χ1) is 15.9. The molecule has 2 aliphatic rings. The molecule has 2 aromatic rings. The molecule has 8 nitrogen and oxygen atoms in total. The maximum atomic E-state index is 12.9. The van der Waals surface area contributed by atoms with Crippen molar-refractivity contribution in [3.05, 3.63) is 47.5 Å². The highest BCUT2D eigenvalue weighted by Crippen LogP contribution is 2.30. The van der Waals surface area contributed by atoms with Gasteiger partial charge in [0, 0.05) is 55.7 Å². The zero-order chi connectivity index (χ0) is 23.5. The van der Waals surface area contributed by atoms with E-state index in [-0.39, 0.29) is 42.7 Å². The Hall–Kier alpha value is -3.42. The van der Waals surface area contributed by atoms with Crippen molar-refractivity contribution >= 4 is 34.6 Å². The number of piperazine rings is 1. The normalized spacial score (nSPS) is 16.0. The first-order valence-corrected chi connectivity index (χ1v) is 11.4. The van der Waals surface area contributed by atoms with E-state index < -0.39 is 0 Å². The summed E-state index contributed by atoms with van der Waals surface area (Å²) in [4.78, 5) is 55.2. The van der Waals surface area contributed by atoms with E-state index in [1.807, 2.05) is 38.1 Å². The van der Waals surface area contributed by atoms with Gasteiger partial charge >= 0.3 is 6.09 Å². The van der Waals surface area contributed by atoms with Crippen molar-refractivity contribution in [2.75, 3.05) is 39.3 Å². The van der Waals surface area contributed by atoms with Crippen molar-refractivity contribution in [2.24, 2.45) is 5.92 Å². The lowest BCUT2D eigenvalue weighted by molar-refractivity contribution is -0.133. The molecule has 174 valence electrons. The van der Waals surface area contributed by atoms with Crippen molar-refractivity contribution < 1.29 is 23.9 Å². The molecule has 2 aliphatic heterocycles. The Labute approximate surface area is 193 Å². The summed E-state index contributed by atoms with van der Waals surface area (Å²) >= 11 is 0. The fourth-order valence-corrected chi connectivity index (χ4v) is 4.30. The summed E-state index contributed by atoms with van der Waals surface area (Å²) in [5.74, 6) is -0.392. The third kappa shape index (κ3) is 4.69. The number of carbonyl (C=O) groups is 4. The van der Waals surface area contributed by atoms with Crippen molar-refractivity contribution in [1.29, 1.82) is 0 Å². The lowest BCUT2D eigenvalue weighted by atomic mass is 9.94. The van der Waals surface area contributed by atoms with E-state index in [2.05, 4.69) is 0 Å². The lowest BCUT2D eigenvalue weighted by Crippen LogP contribution is -2.51. The predicted molar refractivity (Wildman–Crippen MR) is 123 cm³/mol. The first-order valence-electron chi connectivity index (χ1n) is 11.4. The Bertz CT molecular complexity index is 1040. The van der Waals surface area contributed by atoms with Gasteiger partial charge in [0.05, 0.1) is 6.61 Å². The average Bonchev–Trinajstić information content (AvgIpc) is 2.82. The van der Waals surface area contributed by atoms with E-state index in [0.717, 1.165) is 5.39 Å². The smallest absolute Gasteiger partial charge is 0.409 e. The number of hydrogen-bond acceptors (Lipinski definition) is 5. The summed E-state index contributed by atoms with van der Waals surface area (Å²) in [5, 5.41) is 1.57. The molecule has 8 heteroatoms. The number of rotatable bonds is 6. The molecule has 33 heavy (non-hydrogen) atoms. The van der Waals surface area contributed by atoms with Gasteiger partial charge in [-0.05, 0) is 29.9 Å². The monoisotopic (exact) mass is 451 g/mol. The maximum absolute atomic E-state index is 12.9. The number of imide groups is 1. The number of ether oxygens (including phenoxy) is 1. The molecular weight excluding hydrogens is 422 g/mol. The van der Waals surface area contributed by atoms with E-state index in [4.69, 9.17) is 4.74 Å². The van der Waals surface area contributed by atoms with Gasteiger partial charge in [0.25, 0.3) is 11.8 Å². The Morgan fingerprint density at radius 1 is 0.909 bits per heavy atom. The largest absolute Gasteiger partial charge is 0.449 e. The second-order valence-electron chi connectivity index (χ2n) is 8.91. The third-order valence-corrected chi connectivity index (χ3v) is 6.06. The summed E-state index contributed by atoms with van der Waals surface area (Å²) in [5.41, 5.74) is 1.05. The summed E-state index contributed by atoms with van der Waals surface area (Å²) in [6.07, 6.45) is 0.291. The van der Waals surface area contributed by atoms with Crippen LogP contribution in [0.3, 0.4) is 0 Å². The molecule has 0 radical (unpaired) electrons. The van der Waals surface area contributed by atoms with Gasteiger partial charge in [-0.1, -0.05) is 38.1 Å². The Morgan fingerprint density at radius 3 is 2.06 bits per heavy atom. The predicted octanol–water partition coefficient (Wildman–Crippen LogP) is 3.15. The molecule has 0 aromatic heterocycles. The van der Waals surface area contributed by atoms with Crippen LogP contribution in [0.2, 0.25) is 0 Å². The molecule has 2 heterocycles. The molecule has 0 bridgehead atoms. The minimum atomic E-state index is -0.340. The van der Waals surface area contributed by atoms with Crippen LogP contribution in [0.25, 0.3) is 10.8 Å². The molecule has 2 aromatic carbocycles. The van der Waals surface area contributed by atoms with E-state index >= 15 is 0 Å². The molecule has 1 saturated heterocycles. The third-order valence-electron chi connectivity index (χ3n) is 6.06. The second-order valence-corrected chi connectivity index (χ2v) is 8.91. The SMILES string of the molecule is CC(C)COC(=O)N1CCN(C(=O)CCCN2C(=O)c3cccc4cccc(c34)C2=O)CC1. The van der Waals surface area contributed by atoms with Crippen LogP contribution in [0.5, 0.6) is 0 Å². The van der Waals surface area contributed by atoms with Gasteiger partial charge in [-0.15, -0.1) is 0 Å². The lowest BCUT2D eigenvalue weighted by Gasteiger charge is -2.34. The Kier molecular flexibility index (Phi) is 6.62. The van der Waals surface area contributed by atoms with Crippen LogP contribution in [-0.2, 0) is 9.53 Å². The first kappa shape index (κ1) is 22.8. The van der Waals surface area contributed by atoms with E-state index in [0.29, 0.717) is 55.7 Å². The average molecular weight is 452 g/mol. The van der Waals surface area contributed by atoms with Crippen LogP contribution in [-0.4, -0.2) is 77.8 Å². The van der Waals surface area contributed by atoms with Crippen LogP contribution < -0.4 is 0 Å². The summed E-state index contributed by atoms with van der Waals surface area (Å²) in [6.45, 7) is 6.31. The van der Waals surface area contributed by atoms with Gasteiger partial charge in [-0.3, -0.25) is 19.3 Å². The zero-order valence-electron chi connectivity index (χ0n) is 19.1. The fourth-order valence-electron chi connectivity index (χ4n) is 4.30. The maximum Gasteiger partial charge on any atom is 0.409 e. The van der Waals surface area contributed by atoms with Crippen molar-refractivity contribution in [3.63, 3.8) is 0 Å². The van der Waals surface area contributed by atoms with E-state index in [1.165, 1.54) is 4.90 Å². The highest BCUT2D eigenvalue weighted by atomic mass is 16.6. The van der Waals surface area contributed by atoms with Crippen molar-refractivity contribution in [3.8, 4) is 0 Å². The molecule has 4 amide bonds. The van der Waals surface area contributed by atoms with Crippen LogP contribution in [0, 0.1) is 5.92 Å². The van der Waals surface area contributed by atoms with Gasteiger partial charge in [-0.2, -0.15) is 0 Å². The standard InChI is InChI=1S/C25H29N3O5/c1-17(2)16-33-25(32)27-14-12-26(13-15-27)21(29)10-5-11-28-23(30)19-8-3-6-18-7-4-9-20(22(18)19)24(28)31/h3-4,6-9,17H,5,10-16H2,1-2H3. The summed E-state index contributed by atoms with van der Waals surface area (Å²) in [6, 6.07) is 10.9. The number of benzene rings is 2. The minimum absolute atomic E-state index is 0.0374. The molecule has 0 aliphatic carbocycles. The molecule has 0 unspecified atom stereocenters. The molecular formula is C25H29N3O5. The number of nitrogens with zero attached hydrogens (tertiary/aromatic N) is 3. The van der Waals surface area contributed by atoms with Crippen LogP contribution in [0.4, 0.5) is 4.79 Å². The summed E-state index contributed by atoms with van der Waals surface area (Å²) in [7, 11) is 0. The zero-order valence-corrected chi connectivity index (χ0v) is 19.1. The summed E-state index contributed by atoms with van der Waals surface area (Å²) < 4.78 is 5.25. The topological polar surface area (TPSA) is 87.2 Å². The number of carbonyl (C=O) groups excluding carboxylic acids is 4. The molecule has 1 fully saturated rings. The van der Waals surface area contributed by atoms with Gasteiger partial charge in [0.2, 0.25) is 5.91 Å². The number of amides is 4.